The molecule has 158 valence electrons. The van der Waals surface area contributed by atoms with Gasteiger partial charge in [0.1, 0.15) is 5.56 Å². The van der Waals surface area contributed by atoms with E-state index in [0.29, 0.717) is 24.9 Å². The van der Waals surface area contributed by atoms with Gasteiger partial charge in [-0.25, -0.2) is 0 Å². The van der Waals surface area contributed by atoms with E-state index in [-0.39, 0.29) is 29.7 Å². The highest BCUT2D eigenvalue weighted by molar-refractivity contribution is 5.94. The van der Waals surface area contributed by atoms with Gasteiger partial charge in [0, 0.05) is 44.3 Å². The molecule has 2 aromatic rings. The molecule has 1 N–H and O–H groups in total. The number of rotatable bonds is 4. The number of aromatic nitrogens is 1. The quantitative estimate of drug-likeness (QED) is 0.843. The maximum absolute atomic E-state index is 13.2. The highest BCUT2D eigenvalue weighted by Gasteiger charge is 2.36. The van der Waals surface area contributed by atoms with Crippen LogP contribution in [0.4, 0.5) is 0 Å². The lowest BCUT2D eigenvalue weighted by atomic mass is 9.82. The van der Waals surface area contributed by atoms with Crippen molar-refractivity contribution in [3.63, 3.8) is 0 Å². The van der Waals surface area contributed by atoms with Crippen LogP contribution in [-0.2, 0) is 13.1 Å². The Hall–Kier alpha value is -2.44. The molecule has 2 saturated heterocycles. The summed E-state index contributed by atoms with van der Waals surface area (Å²) < 4.78 is 1.86. The number of hydrogen-bond donors (Lipinski definition) is 1. The lowest BCUT2D eigenvalue weighted by Gasteiger charge is -2.43. The molecule has 0 spiro atoms. The normalized spacial score (nSPS) is 25.9. The third-order valence-corrected chi connectivity index (χ3v) is 7.01. The first-order valence-corrected chi connectivity index (χ1v) is 11.1. The molecule has 3 aliphatic heterocycles. The van der Waals surface area contributed by atoms with Crippen molar-refractivity contribution in [3.8, 4) is 0 Å². The summed E-state index contributed by atoms with van der Waals surface area (Å²) in [7, 11) is 0. The minimum absolute atomic E-state index is 0.0423. The first kappa shape index (κ1) is 19.5. The third kappa shape index (κ3) is 3.48. The Bertz CT molecular complexity index is 987. The number of fused-ring (bicyclic) bond motifs is 4. The van der Waals surface area contributed by atoms with Gasteiger partial charge in [-0.3, -0.25) is 14.5 Å². The number of piperidine rings is 1. The molecule has 0 radical (unpaired) electrons. The molecule has 5 rings (SSSR count). The number of benzene rings is 1. The van der Waals surface area contributed by atoms with Gasteiger partial charge in [-0.05, 0) is 42.9 Å². The lowest BCUT2D eigenvalue weighted by molar-refractivity contribution is 0.0673. The van der Waals surface area contributed by atoms with Crippen LogP contribution in [0.2, 0.25) is 0 Å². The zero-order valence-corrected chi connectivity index (χ0v) is 17.2. The minimum atomic E-state index is -0.228. The Morgan fingerprint density at radius 3 is 2.70 bits per heavy atom. The van der Waals surface area contributed by atoms with E-state index in [1.165, 1.54) is 5.56 Å². The Morgan fingerprint density at radius 1 is 1.07 bits per heavy atom. The number of hydrogen-bond acceptors (Lipinski definition) is 4. The number of nitrogens with zero attached hydrogens (tertiary/aromatic N) is 3. The summed E-state index contributed by atoms with van der Waals surface area (Å²) in [6.45, 7) is 4.11. The molecule has 0 saturated carbocycles. The largest absolute Gasteiger partial charge is 0.394 e. The average Bonchev–Trinajstić information content (AvgIpc) is 3.24. The zero-order chi connectivity index (χ0) is 20.7. The highest BCUT2D eigenvalue weighted by atomic mass is 16.3. The van der Waals surface area contributed by atoms with E-state index in [2.05, 4.69) is 29.2 Å². The van der Waals surface area contributed by atoms with Crippen LogP contribution in [-0.4, -0.2) is 57.7 Å². The average molecular weight is 408 g/mol. The van der Waals surface area contributed by atoms with Gasteiger partial charge in [0.05, 0.1) is 12.6 Å². The first-order valence-electron chi connectivity index (χ1n) is 11.1. The second-order valence-corrected chi connectivity index (χ2v) is 9.04. The second-order valence-electron chi connectivity index (χ2n) is 9.04. The van der Waals surface area contributed by atoms with Gasteiger partial charge in [-0.2, -0.15) is 0 Å². The predicted octanol–water partition coefficient (Wildman–Crippen LogP) is 2.06. The number of aliphatic hydroxyl groups is 1. The topological polar surface area (TPSA) is 65.8 Å². The van der Waals surface area contributed by atoms with Gasteiger partial charge in [-0.1, -0.05) is 30.3 Å². The van der Waals surface area contributed by atoms with Gasteiger partial charge in [-0.15, -0.1) is 0 Å². The molecular weight excluding hydrogens is 378 g/mol. The maximum Gasteiger partial charge on any atom is 0.263 e. The molecular formula is C24H29N3O3. The number of amides is 1. The Labute approximate surface area is 176 Å². The molecule has 1 aromatic heterocycles. The van der Waals surface area contributed by atoms with Crippen molar-refractivity contribution in [2.24, 2.45) is 5.92 Å². The molecule has 3 aliphatic rings. The van der Waals surface area contributed by atoms with Crippen LogP contribution in [0.25, 0.3) is 0 Å². The van der Waals surface area contributed by atoms with Gasteiger partial charge >= 0.3 is 0 Å². The summed E-state index contributed by atoms with van der Waals surface area (Å²) in [4.78, 5) is 30.4. The summed E-state index contributed by atoms with van der Waals surface area (Å²) >= 11 is 0. The van der Waals surface area contributed by atoms with Gasteiger partial charge in [0.15, 0.2) is 0 Å². The molecule has 4 heterocycles. The molecule has 6 heteroatoms. The van der Waals surface area contributed by atoms with Crippen molar-refractivity contribution in [1.29, 1.82) is 0 Å². The molecule has 1 amide bonds. The van der Waals surface area contributed by atoms with Crippen LogP contribution in [0.3, 0.4) is 0 Å². The molecule has 6 nitrogen and oxygen atoms in total. The fourth-order valence-electron chi connectivity index (χ4n) is 5.63. The van der Waals surface area contributed by atoms with E-state index in [9.17, 15) is 14.7 Å². The monoisotopic (exact) mass is 407 g/mol. The molecule has 3 atom stereocenters. The van der Waals surface area contributed by atoms with Crippen LogP contribution in [0.1, 0.15) is 46.8 Å². The van der Waals surface area contributed by atoms with E-state index in [1.54, 1.807) is 11.0 Å². The van der Waals surface area contributed by atoms with Gasteiger partial charge in [0.2, 0.25) is 0 Å². The standard InChI is InChI=1S/C24H29N3O3/c28-16-20-7-4-10-26(20)23(29)21-8-9-22-19-11-18(14-27(22)24(21)30)13-25(15-19)12-17-5-2-1-3-6-17/h1-3,5-6,8-9,18-20,28H,4,7,10-16H2/t18-,19+,20-/m0/s1. The number of carbonyl (C=O) groups is 1. The SMILES string of the molecule is O=C(c1ccc2n(c1=O)C[C@H]1C[C@@H]2CN(Cc2ccccc2)C1)N1CCC[C@H]1CO. The number of aliphatic hydroxyl groups excluding tert-OH is 1. The fraction of sp³-hybridized carbons (Fsp3) is 0.500. The Kier molecular flexibility index (Phi) is 5.21. The summed E-state index contributed by atoms with van der Waals surface area (Å²) in [6, 6.07) is 14.1. The van der Waals surface area contributed by atoms with Crippen LogP contribution in [0, 0.1) is 5.92 Å². The van der Waals surface area contributed by atoms with Crippen molar-refractivity contribution < 1.29 is 9.90 Å². The van der Waals surface area contributed by atoms with E-state index in [0.717, 1.165) is 44.6 Å². The molecule has 2 fully saturated rings. The molecule has 1 aromatic carbocycles. The maximum atomic E-state index is 13.2. The fourth-order valence-corrected chi connectivity index (χ4v) is 5.63. The van der Waals surface area contributed by atoms with Gasteiger partial charge in [0.25, 0.3) is 11.5 Å². The summed E-state index contributed by atoms with van der Waals surface area (Å²) in [5.41, 5.74) is 2.47. The minimum Gasteiger partial charge on any atom is -0.394 e. The Balaban J connectivity index is 1.39. The first-order chi connectivity index (χ1) is 14.6. The second kappa shape index (κ2) is 8.00. The number of likely N-dealkylation sites (tertiary alicyclic amines) is 2. The van der Waals surface area contributed by atoms with Crippen molar-refractivity contribution in [1.82, 2.24) is 14.4 Å². The smallest absolute Gasteiger partial charge is 0.263 e. The summed E-state index contributed by atoms with van der Waals surface area (Å²) in [5.74, 6) is 0.531. The summed E-state index contributed by atoms with van der Waals surface area (Å²) in [6.07, 6.45) is 2.79. The van der Waals surface area contributed by atoms with E-state index in [1.807, 2.05) is 16.7 Å². The zero-order valence-electron chi connectivity index (χ0n) is 17.2. The third-order valence-electron chi connectivity index (χ3n) is 7.01. The van der Waals surface area contributed by atoms with Crippen LogP contribution < -0.4 is 5.56 Å². The van der Waals surface area contributed by atoms with Crippen molar-refractivity contribution in [2.75, 3.05) is 26.2 Å². The highest BCUT2D eigenvalue weighted by Crippen LogP contribution is 2.35. The number of carbonyl (C=O) groups excluding carboxylic acids is 1. The van der Waals surface area contributed by atoms with Crippen LogP contribution in [0.5, 0.6) is 0 Å². The van der Waals surface area contributed by atoms with E-state index in [4.69, 9.17) is 0 Å². The van der Waals surface area contributed by atoms with Gasteiger partial charge < -0.3 is 14.6 Å². The predicted molar refractivity (Wildman–Crippen MR) is 114 cm³/mol. The van der Waals surface area contributed by atoms with Crippen LogP contribution in [0.15, 0.2) is 47.3 Å². The number of pyridine rings is 1. The summed E-state index contributed by atoms with van der Waals surface area (Å²) in [5, 5.41) is 9.55. The lowest BCUT2D eigenvalue weighted by Crippen LogP contribution is -2.48. The van der Waals surface area contributed by atoms with E-state index < -0.39 is 0 Å². The molecule has 0 unspecified atom stereocenters. The molecule has 30 heavy (non-hydrogen) atoms. The Morgan fingerprint density at radius 2 is 1.90 bits per heavy atom. The van der Waals surface area contributed by atoms with Crippen molar-refractivity contribution >= 4 is 5.91 Å². The molecule has 2 bridgehead atoms. The van der Waals surface area contributed by atoms with Crippen molar-refractivity contribution in [2.45, 2.75) is 44.3 Å². The van der Waals surface area contributed by atoms with E-state index >= 15 is 0 Å². The molecule has 0 aliphatic carbocycles. The van der Waals surface area contributed by atoms with Crippen LogP contribution >= 0.6 is 0 Å². The van der Waals surface area contributed by atoms with Crippen molar-refractivity contribution in [3.05, 3.63) is 69.6 Å².